The van der Waals surface area contributed by atoms with Gasteiger partial charge in [-0.2, -0.15) is 0 Å². The number of carbonyl (C=O) groups excluding carboxylic acids is 1. The van der Waals surface area contributed by atoms with Crippen molar-refractivity contribution in [1.29, 1.82) is 0 Å². The maximum atomic E-state index is 12.0. The monoisotopic (exact) mass is 304 g/mol. The Morgan fingerprint density at radius 3 is 2.73 bits per heavy atom. The molecular formula is C18H28N2O2. The number of cyclic esters (lactones) is 1. The van der Waals surface area contributed by atoms with Gasteiger partial charge in [-0.15, -0.1) is 0 Å². The standard InChI is InChI=1S/C18H28N2O2/c1-3-5-7-12-16(4-2)19-20-17(14-22-18(20)21)13-15-10-8-6-9-11-15/h6,8-11,16-17,19H,3-5,7,12-14H2,1-2H3/t16-,17-/m0/s1. The van der Waals surface area contributed by atoms with Gasteiger partial charge < -0.3 is 4.74 Å². The Morgan fingerprint density at radius 1 is 1.27 bits per heavy atom. The lowest BCUT2D eigenvalue weighted by Crippen LogP contribution is -2.50. The van der Waals surface area contributed by atoms with Gasteiger partial charge in [-0.3, -0.25) is 0 Å². The molecular weight excluding hydrogens is 276 g/mol. The number of hydrogen-bond donors (Lipinski definition) is 1. The van der Waals surface area contributed by atoms with Crippen molar-refractivity contribution < 1.29 is 9.53 Å². The number of unbranched alkanes of at least 4 members (excludes halogenated alkanes) is 2. The summed E-state index contributed by atoms with van der Waals surface area (Å²) in [6, 6.07) is 10.7. The Labute approximate surface area is 133 Å². The van der Waals surface area contributed by atoms with Crippen LogP contribution in [0.15, 0.2) is 30.3 Å². The molecule has 4 heteroatoms. The minimum atomic E-state index is -0.241. The lowest BCUT2D eigenvalue weighted by molar-refractivity contribution is 0.127. The molecule has 0 bridgehead atoms. The minimum absolute atomic E-state index is 0.0788. The van der Waals surface area contributed by atoms with Crippen molar-refractivity contribution in [1.82, 2.24) is 10.4 Å². The first kappa shape index (κ1) is 16.8. The van der Waals surface area contributed by atoms with Crippen molar-refractivity contribution >= 4 is 6.09 Å². The lowest BCUT2D eigenvalue weighted by Gasteiger charge is -2.27. The Balaban J connectivity index is 1.92. The second-order valence-corrected chi connectivity index (χ2v) is 6.02. The zero-order valence-corrected chi connectivity index (χ0v) is 13.8. The molecule has 122 valence electrons. The molecule has 1 aliphatic rings. The third kappa shape index (κ3) is 4.73. The van der Waals surface area contributed by atoms with Gasteiger partial charge in [-0.1, -0.05) is 63.4 Å². The lowest BCUT2D eigenvalue weighted by atomic mass is 10.1. The predicted molar refractivity (Wildman–Crippen MR) is 88.5 cm³/mol. The highest BCUT2D eigenvalue weighted by atomic mass is 16.6. The number of amides is 1. The Kier molecular flexibility index (Phi) is 6.72. The molecule has 1 heterocycles. The highest BCUT2D eigenvalue weighted by Gasteiger charge is 2.34. The number of nitrogens with one attached hydrogen (secondary N) is 1. The Bertz CT molecular complexity index is 450. The summed E-state index contributed by atoms with van der Waals surface area (Å²) in [5.74, 6) is 0. The van der Waals surface area contributed by atoms with Crippen LogP contribution in [0, 0.1) is 0 Å². The first-order valence-corrected chi connectivity index (χ1v) is 8.50. The van der Waals surface area contributed by atoms with Gasteiger partial charge in [0.25, 0.3) is 0 Å². The number of ether oxygens (including phenoxy) is 1. The van der Waals surface area contributed by atoms with E-state index in [2.05, 4.69) is 31.4 Å². The van der Waals surface area contributed by atoms with Gasteiger partial charge in [0.1, 0.15) is 6.61 Å². The van der Waals surface area contributed by atoms with E-state index in [0.717, 1.165) is 19.3 Å². The highest BCUT2D eigenvalue weighted by molar-refractivity contribution is 5.69. The number of nitrogens with zero attached hydrogens (tertiary/aromatic N) is 1. The van der Waals surface area contributed by atoms with Crippen LogP contribution >= 0.6 is 0 Å². The van der Waals surface area contributed by atoms with E-state index in [1.165, 1.54) is 24.8 Å². The second kappa shape index (κ2) is 8.79. The molecule has 0 radical (unpaired) electrons. The molecule has 0 unspecified atom stereocenters. The molecule has 22 heavy (non-hydrogen) atoms. The van der Waals surface area contributed by atoms with Gasteiger partial charge in [0.2, 0.25) is 0 Å². The molecule has 4 nitrogen and oxygen atoms in total. The van der Waals surface area contributed by atoms with Crippen molar-refractivity contribution in [2.45, 2.75) is 64.5 Å². The molecule has 2 atom stereocenters. The molecule has 2 rings (SSSR count). The number of carbonyl (C=O) groups is 1. The van der Waals surface area contributed by atoms with Crippen LogP contribution in [-0.4, -0.2) is 29.8 Å². The summed E-state index contributed by atoms with van der Waals surface area (Å²) in [6.45, 7) is 4.84. The van der Waals surface area contributed by atoms with Gasteiger partial charge >= 0.3 is 6.09 Å². The largest absolute Gasteiger partial charge is 0.446 e. The third-order valence-corrected chi connectivity index (χ3v) is 4.25. The van der Waals surface area contributed by atoms with Gasteiger partial charge in [-0.25, -0.2) is 15.2 Å². The Morgan fingerprint density at radius 2 is 2.05 bits per heavy atom. The molecule has 0 aromatic heterocycles. The fourth-order valence-corrected chi connectivity index (χ4v) is 2.85. The van der Waals surface area contributed by atoms with E-state index < -0.39 is 0 Å². The molecule has 1 aromatic rings. The molecule has 0 saturated carbocycles. The van der Waals surface area contributed by atoms with Crippen molar-refractivity contribution in [3.63, 3.8) is 0 Å². The molecule has 1 aromatic carbocycles. The summed E-state index contributed by atoms with van der Waals surface area (Å²) >= 11 is 0. The summed E-state index contributed by atoms with van der Waals surface area (Å²) in [5.41, 5.74) is 4.64. The maximum Gasteiger partial charge on any atom is 0.424 e. The van der Waals surface area contributed by atoms with E-state index in [9.17, 15) is 4.79 Å². The van der Waals surface area contributed by atoms with Crippen molar-refractivity contribution in [3.8, 4) is 0 Å². The first-order valence-electron chi connectivity index (χ1n) is 8.50. The zero-order chi connectivity index (χ0) is 15.8. The number of benzene rings is 1. The summed E-state index contributed by atoms with van der Waals surface area (Å²) < 4.78 is 5.25. The van der Waals surface area contributed by atoms with Gasteiger partial charge in [0, 0.05) is 6.04 Å². The summed E-state index contributed by atoms with van der Waals surface area (Å²) in [5, 5.41) is 1.72. The van der Waals surface area contributed by atoms with E-state index in [1.54, 1.807) is 5.01 Å². The van der Waals surface area contributed by atoms with Gasteiger partial charge in [0.15, 0.2) is 0 Å². The summed E-state index contributed by atoms with van der Waals surface area (Å²) in [7, 11) is 0. The molecule has 1 saturated heterocycles. The van der Waals surface area contributed by atoms with E-state index >= 15 is 0 Å². The molecule has 1 fully saturated rings. The van der Waals surface area contributed by atoms with Crippen LogP contribution in [0.5, 0.6) is 0 Å². The molecule has 1 N–H and O–H groups in total. The maximum absolute atomic E-state index is 12.0. The molecule has 1 amide bonds. The van der Waals surface area contributed by atoms with E-state index in [1.807, 2.05) is 18.2 Å². The van der Waals surface area contributed by atoms with E-state index in [-0.39, 0.29) is 12.1 Å². The SMILES string of the molecule is CCCCC[C@H](CC)NN1C(=O)OC[C@@H]1Cc1ccccc1. The van der Waals surface area contributed by atoms with Crippen LogP contribution in [0.25, 0.3) is 0 Å². The molecule has 1 aliphatic heterocycles. The molecule has 0 spiro atoms. The first-order chi connectivity index (χ1) is 10.7. The Hall–Kier alpha value is -1.55. The van der Waals surface area contributed by atoms with Crippen LogP contribution in [0.4, 0.5) is 4.79 Å². The normalized spacial score (nSPS) is 19.3. The summed E-state index contributed by atoms with van der Waals surface area (Å²) in [4.78, 5) is 12.0. The van der Waals surface area contributed by atoms with Crippen LogP contribution in [-0.2, 0) is 11.2 Å². The van der Waals surface area contributed by atoms with E-state index in [0.29, 0.717) is 12.6 Å². The van der Waals surface area contributed by atoms with Gasteiger partial charge in [-0.05, 0) is 24.8 Å². The van der Waals surface area contributed by atoms with Crippen molar-refractivity contribution in [2.75, 3.05) is 6.61 Å². The van der Waals surface area contributed by atoms with Crippen LogP contribution < -0.4 is 5.43 Å². The average Bonchev–Trinajstić information content (AvgIpc) is 2.88. The highest BCUT2D eigenvalue weighted by Crippen LogP contribution is 2.17. The number of hydrogen-bond acceptors (Lipinski definition) is 3. The zero-order valence-electron chi connectivity index (χ0n) is 13.8. The summed E-state index contributed by atoms with van der Waals surface area (Å²) in [6.07, 6.45) is 6.38. The van der Waals surface area contributed by atoms with Crippen LogP contribution in [0.1, 0.15) is 51.5 Å². The average molecular weight is 304 g/mol. The smallest absolute Gasteiger partial charge is 0.424 e. The van der Waals surface area contributed by atoms with Gasteiger partial charge in [0.05, 0.1) is 6.04 Å². The van der Waals surface area contributed by atoms with Crippen LogP contribution in [0.3, 0.4) is 0 Å². The van der Waals surface area contributed by atoms with E-state index in [4.69, 9.17) is 4.74 Å². The predicted octanol–water partition coefficient (Wildman–Crippen LogP) is 3.91. The minimum Gasteiger partial charge on any atom is -0.446 e. The van der Waals surface area contributed by atoms with Crippen molar-refractivity contribution in [3.05, 3.63) is 35.9 Å². The second-order valence-electron chi connectivity index (χ2n) is 6.02. The fraction of sp³-hybridized carbons (Fsp3) is 0.611. The quantitative estimate of drug-likeness (QED) is 0.703. The third-order valence-electron chi connectivity index (χ3n) is 4.25. The van der Waals surface area contributed by atoms with Crippen LogP contribution in [0.2, 0.25) is 0 Å². The van der Waals surface area contributed by atoms with Crippen molar-refractivity contribution in [2.24, 2.45) is 0 Å². The number of rotatable bonds is 9. The fourth-order valence-electron chi connectivity index (χ4n) is 2.85. The number of hydrazine groups is 1. The topological polar surface area (TPSA) is 41.6 Å². The molecule has 0 aliphatic carbocycles.